The number of hydrogen-bond donors (Lipinski definition) is 1. The highest BCUT2D eigenvalue weighted by molar-refractivity contribution is 5.78. The zero-order valence-corrected chi connectivity index (χ0v) is 11.0. The topological polar surface area (TPSA) is 57.4 Å². The van der Waals surface area contributed by atoms with E-state index in [0.29, 0.717) is 23.1 Å². The molecule has 0 amide bonds. The zero-order valence-electron chi connectivity index (χ0n) is 11.0. The van der Waals surface area contributed by atoms with Crippen LogP contribution in [0.1, 0.15) is 0 Å². The van der Waals surface area contributed by atoms with Gasteiger partial charge in [-0.15, -0.1) is 0 Å². The molecule has 0 unspecified atom stereocenters. The lowest BCUT2D eigenvalue weighted by molar-refractivity contribution is 0.414. The number of hydrogen-bond acceptors (Lipinski definition) is 4. The Balaban J connectivity index is 1.90. The lowest BCUT2D eigenvalue weighted by Crippen LogP contribution is -1.94. The van der Waals surface area contributed by atoms with Gasteiger partial charge in [0.05, 0.1) is 18.3 Å². The van der Waals surface area contributed by atoms with Crippen LogP contribution in [-0.4, -0.2) is 12.1 Å². The Morgan fingerprint density at radius 3 is 2.65 bits per heavy atom. The lowest BCUT2D eigenvalue weighted by Gasteiger charge is -2.08. The molecule has 0 spiro atoms. The lowest BCUT2D eigenvalue weighted by atomic mass is 10.2. The number of nitrogen functional groups attached to an aromatic ring is 1. The smallest absolute Gasteiger partial charge is 0.219 e. The van der Waals surface area contributed by atoms with Crippen molar-refractivity contribution in [3.05, 3.63) is 54.6 Å². The minimum Gasteiger partial charge on any atom is -0.495 e. The van der Waals surface area contributed by atoms with E-state index in [1.165, 1.54) is 0 Å². The van der Waals surface area contributed by atoms with Gasteiger partial charge in [0.1, 0.15) is 11.5 Å². The van der Waals surface area contributed by atoms with E-state index in [0.717, 1.165) is 10.9 Å². The zero-order chi connectivity index (χ0) is 13.9. The molecule has 1 aromatic heterocycles. The van der Waals surface area contributed by atoms with Gasteiger partial charge < -0.3 is 15.2 Å². The van der Waals surface area contributed by atoms with E-state index in [4.69, 9.17) is 15.2 Å². The summed E-state index contributed by atoms with van der Waals surface area (Å²) in [7, 11) is 1.58. The Bertz CT molecular complexity index is 756. The van der Waals surface area contributed by atoms with Crippen LogP contribution in [0.3, 0.4) is 0 Å². The molecule has 2 N–H and O–H groups in total. The fourth-order valence-corrected chi connectivity index (χ4v) is 2.00. The molecule has 0 saturated heterocycles. The first-order chi connectivity index (χ1) is 9.76. The van der Waals surface area contributed by atoms with Crippen LogP contribution in [0.25, 0.3) is 10.9 Å². The van der Waals surface area contributed by atoms with Crippen LogP contribution in [-0.2, 0) is 0 Å². The Morgan fingerprint density at radius 2 is 1.85 bits per heavy atom. The fourth-order valence-electron chi connectivity index (χ4n) is 2.00. The molecule has 0 saturated carbocycles. The highest BCUT2D eigenvalue weighted by Crippen LogP contribution is 2.29. The number of benzene rings is 2. The summed E-state index contributed by atoms with van der Waals surface area (Å²) in [5, 5.41) is 1.08. The highest BCUT2D eigenvalue weighted by Gasteiger charge is 2.04. The van der Waals surface area contributed by atoms with Crippen LogP contribution in [0.15, 0.2) is 54.6 Å². The number of fused-ring (bicyclic) bond motifs is 1. The summed E-state index contributed by atoms with van der Waals surface area (Å²) >= 11 is 0. The van der Waals surface area contributed by atoms with Crippen LogP contribution in [0.2, 0.25) is 0 Å². The molecule has 4 heteroatoms. The second-order valence-electron chi connectivity index (χ2n) is 4.35. The number of rotatable bonds is 3. The van der Waals surface area contributed by atoms with Crippen LogP contribution >= 0.6 is 0 Å². The number of pyridine rings is 1. The fraction of sp³-hybridized carbons (Fsp3) is 0.0625. The number of methoxy groups -OCH3 is 1. The van der Waals surface area contributed by atoms with E-state index in [-0.39, 0.29) is 0 Å². The number of aromatic nitrogens is 1. The van der Waals surface area contributed by atoms with Gasteiger partial charge in [-0.2, -0.15) is 0 Å². The highest BCUT2D eigenvalue weighted by atomic mass is 16.5. The standard InChI is InChI=1S/C16H14N2O2/c1-19-15-8-7-12(10-13(15)17)20-16-9-6-11-4-2-3-5-14(11)18-16/h2-10H,17H2,1H3. The molecule has 3 rings (SSSR count). The van der Waals surface area contributed by atoms with Gasteiger partial charge in [0, 0.05) is 17.5 Å². The Hall–Kier alpha value is -2.75. The Morgan fingerprint density at radius 1 is 1.00 bits per heavy atom. The van der Waals surface area contributed by atoms with Gasteiger partial charge in [0.2, 0.25) is 5.88 Å². The first-order valence-electron chi connectivity index (χ1n) is 6.23. The third-order valence-corrected chi connectivity index (χ3v) is 3.00. The molecule has 0 aliphatic rings. The van der Waals surface area contributed by atoms with E-state index in [9.17, 15) is 0 Å². The normalized spacial score (nSPS) is 10.4. The number of anilines is 1. The van der Waals surface area contributed by atoms with Crippen molar-refractivity contribution in [3.8, 4) is 17.4 Å². The number of nitrogens with two attached hydrogens (primary N) is 1. The van der Waals surface area contributed by atoms with E-state index in [1.807, 2.05) is 36.4 Å². The largest absolute Gasteiger partial charge is 0.495 e. The third-order valence-electron chi connectivity index (χ3n) is 3.00. The molecule has 0 aliphatic heterocycles. The maximum Gasteiger partial charge on any atom is 0.219 e. The predicted octanol–water partition coefficient (Wildman–Crippen LogP) is 3.62. The van der Waals surface area contributed by atoms with E-state index in [1.54, 1.807) is 25.3 Å². The SMILES string of the molecule is COc1ccc(Oc2ccc3ccccc3n2)cc1N. The van der Waals surface area contributed by atoms with Crippen molar-refractivity contribution < 1.29 is 9.47 Å². The first-order valence-corrected chi connectivity index (χ1v) is 6.23. The van der Waals surface area contributed by atoms with Crippen LogP contribution in [0.4, 0.5) is 5.69 Å². The summed E-state index contributed by atoms with van der Waals surface area (Å²) in [6.45, 7) is 0. The van der Waals surface area contributed by atoms with Crippen molar-refractivity contribution >= 4 is 16.6 Å². The average Bonchev–Trinajstić information content (AvgIpc) is 2.47. The molecule has 20 heavy (non-hydrogen) atoms. The van der Waals surface area contributed by atoms with Gasteiger partial charge >= 0.3 is 0 Å². The molecule has 0 atom stereocenters. The first kappa shape index (κ1) is 12.3. The maximum atomic E-state index is 5.85. The summed E-state index contributed by atoms with van der Waals surface area (Å²) < 4.78 is 10.8. The molecule has 100 valence electrons. The quantitative estimate of drug-likeness (QED) is 0.736. The van der Waals surface area contributed by atoms with Crippen molar-refractivity contribution in [2.75, 3.05) is 12.8 Å². The molecular weight excluding hydrogens is 252 g/mol. The van der Waals surface area contributed by atoms with Crippen LogP contribution in [0.5, 0.6) is 17.4 Å². The van der Waals surface area contributed by atoms with Crippen molar-refractivity contribution in [1.29, 1.82) is 0 Å². The average molecular weight is 266 g/mol. The van der Waals surface area contributed by atoms with Crippen molar-refractivity contribution in [2.45, 2.75) is 0 Å². The second kappa shape index (κ2) is 5.09. The molecule has 0 aliphatic carbocycles. The summed E-state index contributed by atoms with van der Waals surface area (Å²) in [5.41, 5.74) is 7.28. The molecule has 0 fully saturated rings. The molecule has 1 heterocycles. The molecule has 2 aromatic carbocycles. The van der Waals surface area contributed by atoms with Crippen molar-refractivity contribution in [1.82, 2.24) is 4.98 Å². The van der Waals surface area contributed by atoms with E-state index >= 15 is 0 Å². The number of nitrogens with zero attached hydrogens (tertiary/aromatic N) is 1. The summed E-state index contributed by atoms with van der Waals surface area (Å²) in [6.07, 6.45) is 0. The predicted molar refractivity (Wildman–Crippen MR) is 79.2 cm³/mol. The van der Waals surface area contributed by atoms with Gasteiger partial charge in [-0.1, -0.05) is 18.2 Å². The van der Waals surface area contributed by atoms with Gasteiger partial charge in [-0.05, 0) is 24.3 Å². The van der Waals surface area contributed by atoms with E-state index in [2.05, 4.69) is 4.98 Å². The minimum absolute atomic E-state index is 0.533. The molecule has 4 nitrogen and oxygen atoms in total. The number of ether oxygens (including phenoxy) is 2. The molecular formula is C16H14N2O2. The van der Waals surface area contributed by atoms with Crippen molar-refractivity contribution in [3.63, 3.8) is 0 Å². The van der Waals surface area contributed by atoms with Crippen molar-refractivity contribution in [2.24, 2.45) is 0 Å². The number of para-hydroxylation sites is 1. The van der Waals surface area contributed by atoms with Gasteiger partial charge in [-0.3, -0.25) is 0 Å². The monoisotopic (exact) mass is 266 g/mol. The van der Waals surface area contributed by atoms with Gasteiger partial charge in [0.15, 0.2) is 0 Å². The molecule has 0 radical (unpaired) electrons. The Labute approximate surface area is 116 Å². The van der Waals surface area contributed by atoms with Gasteiger partial charge in [-0.25, -0.2) is 4.98 Å². The maximum absolute atomic E-state index is 5.85. The summed E-state index contributed by atoms with van der Waals surface area (Å²) in [6, 6.07) is 17.0. The molecule has 3 aromatic rings. The van der Waals surface area contributed by atoms with E-state index < -0.39 is 0 Å². The summed E-state index contributed by atoms with van der Waals surface area (Å²) in [4.78, 5) is 4.45. The Kier molecular flexibility index (Phi) is 3.13. The van der Waals surface area contributed by atoms with Gasteiger partial charge in [0.25, 0.3) is 0 Å². The summed E-state index contributed by atoms with van der Waals surface area (Å²) in [5.74, 6) is 1.79. The van der Waals surface area contributed by atoms with Crippen LogP contribution in [0, 0.1) is 0 Å². The van der Waals surface area contributed by atoms with Crippen LogP contribution < -0.4 is 15.2 Å². The second-order valence-corrected chi connectivity index (χ2v) is 4.35. The molecule has 0 bridgehead atoms. The third kappa shape index (κ3) is 2.36. The minimum atomic E-state index is 0.533.